The molecule has 0 aromatic heterocycles. The Morgan fingerprint density at radius 1 is 1.32 bits per heavy atom. The summed E-state index contributed by atoms with van der Waals surface area (Å²) in [7, 11) is 1.63. The van der Waals surface area contributed by atoms with Gasteiger partial charge in [0.1, 0.15) is 11.2 Å². The molecule has 1 aromatic carbocycles. The SMILES string of the molecule is COc1cccc(COC2CCN(C(=O)C3(C(=O)O)CCCC3)C2)c1. The van der Waals surface area contributed by atoms with Gasteiger partial charge in [0.25, 0.3) is 0 Å². The molecule has 6 nitrogen and oxygen atoms in total. The second-order valence-electron chi connectivity index (χ2n) is 6.92. The molecule has 2 fully saturated rings. The Hall–Kier alpha value is -2.08. The summed E-state index contributed by atoms with van der Waals surface area (Å²) >= 11 is 0. The first kappa shape index (κ1) is 17.7. The highest BCUT2D eigenvalue weighted by molar-refractivity contribution is 6.02. The van der Waals surface area contributed by atoms with Gasteiger partial charge in [-0.3, -0.25) is 9.59 Å². The number of nitrogens with zero attached hydrogens (tertiary/aromatic N) is 1. The molecule has 1 atom stereocenters. The normalized spacial score (nSPS) is 22.1. The number of hydrogen-bond acceptors (Lipinski definition) is 4. The van der Waals surface area contributed by atoms with Gasteiger partial charge in [-0.25, -0.2) is 0 Å². The lowest BCUT2D eigenvalue weighted by Gasteiger charge is -2.28. The van der Waals surface area contributed by atoms with Crippen LogP contribution in [0.5, 0.6) is 5.75 Å². The maximum atomic E-state index is 12.8. The van der Waals surface area contributed by atoms with E-state index >= 15 is 0 Å². The smallest absolute Gasteiger partial charge is 0.319 e. The molecule has 6 heteroatoms. The Morgan fingerprint density at radius 3 is 2.76 bits per heavy atom. The summed E-state index contributed by atoms with van der Waals surface area (Å²) in [5, 5.41) is 9.57. The number of methoxy groups -OCH3 is 1. The van der Waals surface area contributed by atoms with Crippen LogP contribution in [0.25, 0.3) is 0 Å². The van der Waals surface area contributed by atoms with Crippen LogP contribution in [0.1, 0.15) is 37.7 Å². The fraction of sp³-hybridized carbons (Fsp3) is 0.579. The molecule has 1 aliphatic heterocycles. The highest BCUT2D eigenvalue weighted by atomic mass is 16.5. The number of aliphatic carboxylic acids is 1. The summed E-state index contributed by atoms with van der Waals surface area (Å²) < 4.78 is 11.1. The summed E-state index contributed by atoms with van der Waals surface area (Å²) in [6.07, 6.45) is 3.21. The maximum Gasteiger partial charge on any atom is 0.319 e. The number of hydrogen-bond donors (Lipinski definition) is 1. The molecule has 3 rings (SSSR count). The molecule has 1 aliphatic carbocycles. The first-order valence-corrected chi connectivity index (χ1v) is 8.82. The van der Waals surface area contributed by atoms with E-state index in [1.165, 1.54) is 0 Å². The number of ether oxygens (including phenoxy) is 2. The van der Waals surface area contributed by atoms with Crippen molar-refractivity contribution in [1.82, 2.24) is 4.90 Å². The van der Waals surface area contributed by atoms with Gasteiger partial charge in [0.15, 0.2) is 0 Å². The largest absolute Gasteiger partial charge is 0.497 e. The Labute approximate surface area is 147 Å². The molecule has 0 radical (unpaired) electrons. The second-order valence-corrected chi connectivity index (χ2v) is 6.92. The highest BCUT2D eigenvalue weighted by Crippen LogP contribution is 2.40. The Kier molecular flexibility index (Phi) is 5.27. The fourth-order valence-corrected chi connectivity index (χ4v) is 3.83. The lowest BCUT2D eigenvalue weighted by atomic mass is 9.84. The number of carboxylic acid groups (broad SMARTS) is 1. The van der Waals surface area contributed by atoms with Gasteiger partial charge in [-0.1, -0.05) is 25.0 Å². The molecule has 1 saturated carbocycles. The first-order chi connectivity index (χ1) is 12.0. The van der Waals surface area contributed by atoms with Crippen molar-refractivity contribution >= 4 is 11.9 Å². The minimum Gasteiger partial charge on any atom is -0.497 e. The Morgan fingerprint density at radius 2 is 2.08 bits per heavy atom. The number of benzene rings is 1. The lowest BCUT2D eigenvalue weighted by molar-refractivity contribution is -0.160. The molecule has 2 aliphatic rings. The van der Waals surface area contributed by atoms with Crippen molar-refractivity contribution < 1.29 is 24.2 Å². The van der Waals surface area contributed by atoms with Gasteiger partial charge in [-0.2, -0.15) is 0 Å². The number of carbonyl (C=O) groups is 2. The van der Waals surface area contributed by atoms with E-state index in [0.717, 1.165) is 30.6 Å². The molecule has 136 valence electrons. The van der Waals surface area contributed by atoms with Crippen molar-refractivity contribution in [3.63, 3.8) is 0 Å². The average molecular weight is 347 g/mol. The minimum absolute atomic E-state index is 0.0533. The zero-order valence-electron chi connectivity index (χ0n) is 14.6. The van der Waals surface area contributed by atoms with Crippen LogP contribution in [0.4, 0.5) is 0 Å². The van der Waals surface area contributed by atoms with Crippen LogP contribution < -0.4 is 4.74 Å². The van der Waals surface area contributed by atoms with Gasteiger partial charge < -0.3 is 19.5 Å². The molecule has 1 amide bonds. The van der Waals surface area contributed by atoms with Crippen LogP contribution in [-0.4, -0.2) is 48.2 Å². The summed E-state index contributed by atoms with van der Waals surface area (Å²) in [5.74, 6) is -0.422. The van der Waals surface area contributed by atoms with Gasteiger partial charge in [0, 0.05) is 13.1 Å². The van der Waals surface area contributed by atoms with Gasteiger partial charge in [0.05, 0.1) is 19.8 Å². The number of amides is 1. The van der Waals surface area contributed by atoms with Crippen molar-refractivity contribution in [2.75, 3.05) is 20.2 Å². The summed E-state index contributed by atoms with van der Waals surface area (Å²) in [5.41, 5.74) is -0.191. The maximum absolute atomic E-state index is 12.8. The topological polar surface area (TPSA) is 76.1 Å². The molecule has 1 aromatic rings. The second kappa shape index (κ2) is 7.44. The van der Waals surface area contributed by atoms with E-state index in [0.29, 0.717) is 32.5 Å². The zero-order valence-corrected chi connectivity index (χ0v) is 14.6. The monoisotopic (exact) mass is 347 g/mol. The van der Waals surface area contributed by atoms with Crippen LogP contribution in [0.3, 0.4) is 0 Å². The van der Waals surface area contributed by atoms with E-state index in [4.69, 9.17) is 9.47 Å². The molecular weight excluding hydrogens is 322 g/mol. The van der Waals surface area contributed by atoms with E-state index in [-0.39, 0.29) is 12.0 Å². The van der Waals surface area contributed by atoms with Crippen LogP contribution in [-0.2, 0) is 20.9 Å². The molecule has 1 saturated heterocycles. The third-order valence-corrected chi connectivity index (χ3v) is 5.33. The summed E-state index contributed by atoms with van der Waals surface area (Å²) in [6, 6.07) is 7.69. The van der Waals surface area contributed by atoms with Gasteiger partial charge in [-0.15, -0.1) is 0 Å². The van der Waals surface area contributed by atoms with Gasteiger partial charge in [0.2, 0.25) is 5.91 Å². The zero-order chi connectivity index (χ0) is 17.9. The number of rotatable bonds is 6. The first-order valence-electron chi connectivity index (χ1n) is 8.82. The van der Waals surface area contributed by atoms with E-state index in [1.54, 1.807) is 12.0 Å². The standard InChI is InChI=1S/C19H25NO5/c1-24-15-6-4-5-14(11-15)13-25-16-7-10-20(12-16)17(21)19(18(22)23)8-2-3-9-19/h4-6,11,16H,2-3,7-10,12-13H2,1H3,(H,22,23). The van der Waals surface area contributed by atoms with Crippen LogP contribution in [0.15, 0.2) is 24.3 Å². The Balaban J connectivity index is 1.56. The van der Waals surface area contributed by atoms with Crippen molar-refractivity contribution in [2.24, 2.45) is 5.41 Å². The predicted molar refractivity (Wildman–Crippen MR) is 91.3 cm³/mol. The van der Waals surface area contributed by atoms with Crippen LogP contribution in [0, 0.1) is 5.41 Å². The molecule has 1 heterocycles. The highest BCUT2D eigenvalue weighted by Gasteiger charge is 2.51. The van der Waals surface area contributed by atoms with Gasteiger partial charge >= 0.3 is 5.97 Å². The summed E-state index contributed by atoms with van der Waals surface area (Å²) in [4.78, 5) is 26.1. The molecular formula is C19H25NO5. The van der Waals surface area contributed by atoms with Crippen molar-refractivity contribution in [3.05, 3.63) is 29.8 Å². The molecule has 1 N–H and O–H groups in total. The van der Waals surface area contributed by atoms with Crippen molar-refractivity contribution in [2.45, 2.75) is 44.8 Å². The van der Waals surface area contributed by atoms with Gasteiger partial charge in [-0.05, 0) is 37.0 Å². The van der Waals surface area contributed by atoms with Crippen molar-refractivity contribution in [1.29, 1.82) is 0 Å². The third-order valence-electron chi connectivity index (χ3n) is 5.33. The average Bonchev–Trinajstić information content (AvgIpc) is 3.30. The number of carboxylic acids is 1. The Bertz CT molecular complexity index is 638. The third kappa shape index (κ3) is 3.63. The van der Waals surface area contributed by atoms with Crippen LogP contribution >= 0.6 is 0 Å². The van der Waals surface area contributed by atoms with E-state index in [2.05, 4.69) is 0 Å². The minimum atomic E-state index is -1.21. The molecule has 0 spiro atoms. The molecule has 25 heavy (non-hydrogen) atoms. The quantitative estimate of drug-likeness (QED) is 0.800. The fourth-order valence-electron chi connectivity index (χ4n) is 3.83. The van der Waals surface area contributed by atoms with Crippen molar-refractivity contribution in [3.8, 4) is 5.75 Å². The lowest BCUT2D eigenvalue weighted by Crippen LogP contribution is -2.46. The van der Waals surface area contributed by atoms with E-state index in [9.17, 15) is 14.7 Å². The van der Waals surface area contributed by atoms with Crippen LogP contribution in [0.2, 0.25) is 0 Å². The van der Waals surface area contributed by atoms with E-state index in [1.807, 2.05) is 24.3 Å². The summed E-state index contributed by atoms with van der Waals surface area (Å²) in [6.45, 7) is 1.49. The molecule has 1 unspecified atom stereocenters. The number of likely N-dealkylation sites (tertiary alicyclic amines) is 1. The number of carbonyl (C=O) groups excluding carboxylic acids is 1. The molecule has 0 bridgehead atoms. The van der Waals surface area contributed by atoms with E-state index < -0.39 is 11.4 Å². The predicted octanol–water partition coefficient (Wildman–Crippen LogP) is 2.46.